The van der Waals surface area contributed by atoms with Gasteiger partial charge in [-0.15, -0.1) is 0 Å². The topological polar surface area (TPSA) is 216 Å². The monoisotopic (exact) mass is 801 g/mol. The molecule has 19 atom stereocenters. The standard InChI is InChI=1S/C39H63NO16/c1-13-25-39(11)32(54-36(45)56-39)19(4)27-17(2)15-38(10,55-35(44)52-27)31(53-34-29(49-23(8)41)24(40)14-18(3)47-34)20(5)28(21(6)33(43)50-25)51-26-16-37(9,46-12)30(42)22(7)48-26/h17-22,24-32,34,42H,13-16,40H2,1-12H3/t17-,18-,19+,20+,21-,22+,24+,25-,26+,27+,28+,29-,30+,31-,32-,34+,37-,38-,39-/m1/s1. The third kappa shape index (κ3) is 8.64. The van der Waals surface area contributed by atoms with Crippen LogP contribution < -0.4 is 5.73 Å². The van der Waals surface area contributed by atoms with Gasteiger partial charge in [0.25, 0.3) is 0 Å². The molecule has 2 bridgehead atoms. The molecule has 0 unspecified atom stereocenters. The summed E-state index contributed by atoms with van der Waals surface area (Å²) in [5, 5.41) is 11.0. The van der Waals surface area contributed by atoms with Crippen LogP contribution in [0.4, 0.5) is 9.59 Å². The van der Waals surface area contributed by atoms with Gasteiger partial charge < -0.3 is 62.9 Å². The van der Waals surface area contributed by atoms with Gasteiger partial charge in [-0.3, -0.25) is 9.59 Å². The lowest BCUT2D eigenvalue weighted by Crippen LogP contribution is -2.61. The fraction of sp³-hybridized carbons (Fsp3) is 0.897. The van der Waals surface area contributed by atoms with E-state index in [2.05, 4.69) is 0 Å². The van der Waals surface area contributed by atoms with Crippen molar-refractivity contribution in [3.05, 3.63) is 0 Å². The summed E-state index contributed by atoms with van der Waals surface area (Å²) in [7, 11) is 1.48. The number of aliphatic hydroxyl groups is 1. The van der Waals surface area contributed by atoms with Crippen molar-refractivity contribution < 1.29 is 76.4 Å². The lowest BCUT2D eigenvalue weighted by Gasteiger charge is -2.49. The summed E-state index contributed by atoms with van der Waals surface area (Å²) in [6.07, 6.45) is -11.5. The highest BCUT2D eigenvalue weighted by Gasteiger charge is 2.61. The molecular weight excluding hydrogens is 738 g/mol. The molecule has 5 heterocycles. The Bertz CT molecular complexity index is 1450. The van der Waals surface area contributed by atoms with Gasteiger partial charge in [-0.25, -0.2) is 9.59 Å². The maximum absolute atomic E-state index is 14.5. The van der Waals surface area contributed by atoms with Crippen molar-refractivity contribution in [3.63, 3.8) is 0 Å². The molecule has 0 saturated carbocycles. The van der Waals surface area contributed by atoms with Gasteiger partial charge in [0.05, 0.1) is 29.8 Å². The molecule has 0 aliphatic carbocycles. The van der Waals surface area contributed by atoms with E-state index in [4.69, 9.17) is 57.8 Å². The van der Waals surface area contributed by atoms with Gasteiger partial charge in [-0.05, 0) is 66.7 Å². The number of hydrogen-bond acceptors (Lipinski definition) is 17. The molecule has 5 fully saturated rings. The highest BCUT2D eigenvalue weighted by molar-refractivity contribution is 5.73. The Kier molecular flexibility index (Phi) is 13.3. The van der Waals surface area contributed by atoms with Crippen molar-refractivity contribution >= 4 is 24.2 Å². The second kappa shape index (κ2) is 16.8. The quantitative estimate of drug-likeness (QED) is 0.276. The number of hydrogen-bond donors (Lipinski definition) is 2. The summed E-state index contributed by atoms with van der Waals surface area (Å²) in [6.45, 7) is 18.7. The molecule has 0 aromatic rings. The Morgan fingerprint density at radius 3 is 2.18 bits per heavy atom. The summed E-state index contributed by atoms with van der Waals surface area (Å²) >= 11 is 0. The van der Waals surface area contributed by atoms with E-state index in [1.165, 1.54) is 14.0 Å². The van der Waals surface area contributed by atoms with Gasteiger partial charge in [0.1, 0.15) is 30.0 Å². The summed E-state index contributed by atoms with van der Waals surface area (Å²) in [6, 6.07) is -0.661. The summed E-state index contributed by atoms with van der Waals surface area (Å²) < 4.78 is 67.5. The Morgan fingerprint density at radius 1 is 0.893 bits per heavy atom. The minimum absolute atomic E-state index is 0.0828. The molecule has 0 amide bonds. The number of esters is 2. The largest absolute Gasteiger partial charge is 0.509 e. The number of nitrogens with two attached hydrogens (primary N) is 1. The van der Waals surface area contributed by atoms with E-state index in [0.717, 1.165) is 0 Å². The molecule has 5 rings (SSSR count). The number of fused-ring (bicyclic) bond motifs is 4. The third-order valence-electron chi connectivity index (χ3n) is 12.7. The maximum Gasteiger partial charge on any atom is 0.509 e. The van der Waals surface area contributed by atoms with Gasteiger partial charge in [0.2, 0.25) is 0 Å². The lowest BCUT2D eigenvalue weighted by molar-refractivity contribution is -0.315. The van der Waals surface area contributed by atoms with Crippen LogP contribution in [0.25, 0.3) is 0 Å². The zero-order chi connectivity index (χ0) is 41.7. The first kappa shape index (κ1) is 44.3. The smallest absolute Gasteiger partial charge is 0.458 e. The normalized spacial score (nSPS) is 48.9. The molecule has 56 heavy (non-hydrogen) atoms. The molecule has 0 aromatic carbocycles. The number of methoxy groups -OCH3 is 1. The van der Waals surface area contributed by atoms with E-state index < -0.39 is 138 Å². The van der Waals surface area contributed by atoms with E-state index >= 15 is 0 Å². The lowest BCUT2D eigenvalue weighted by atomic mass is 9.73. The molecule has 0 radical (unpaired) electrons. The number of rotatable bonds is 7. The van der Waals surface area contributed by atoms with E-state index in [0.29, 0.717) is 6.42 Å². The molecular formula is C39H63NO16. The van der Waals surface area contributed by atoms with Crippen LogP contribution in [0.2, 0.25) is 0 Å². The van der Waals surface area contributed by atoms with Crippen LogP contribution in [0, 0.1) is 23.7 Å². The molecule has 5 aliphatic rings. The van der Waals surface area contributed by atoms with Crippen LogP contribution in [-0.2, 0) is 61.7 Å². The first-order chi connectivity index (χ1) is 26.1. The van der Waals surface area contributed by atoms with E-state index in [1.807, 2.05) is 13.8 Å². The predicted octanol–water partition coefficient (Wildman–Crippen LogP) is 3.91. The molecule has 3 N–H and O–H groups in total. The maximum atomic E-state index is 14.5. The van der Waals surface area contributed by atoms with Crippen molar-refractivity contribution in [1.82, 2.24) is 0 Å². The minimum atomic E-state index is -1.51. The van der Waals surface area contributed by atoms with Crippen LogP contribution in [-0.4, -0.2) is 127 Å². The zero-order valence-corrected chi connectivity index (χ0v) is 34.7. The second-order valence-corrected chi connectivity index (χ2v) is 17.2. The van der Waals surface area contributed by atoms with Crippen LogP contribution in [0.5, 0.6) is 0 Å². The Labute approximate surface area is 329 Å². The van der Waals surface area contributed by atoms with Crippen molar-refractivity contribution in [2.45, 2.75) is 192 Å². The Hall–Kier alpha value is -2.80. The second-order valence-electron chi connectivity index (χ2n) is 17.2. The van der Waals surface area contributed by atoms with Crippen molar-refractivity contribution in [2.24, 2.45) is 29.4 Å². The predicted molar refractivity (Wildman–Crippen MR) is 194 cm³/mol. The van der Waals surface area contributed by atoms with Gasteiger partial charge in [-0.1, -0.05) is 27.7 Å². The number of carbonyl (C=O) groups excluding carboxylic acids is 4. The molecule has 17 heteroatoms. The summed E-state index contributed by atoms with van der Waals surface area (Å²) in [4.78, 5) is 53.5. The molecule has 5 saturated heterocycles. The fourth-order valence-electron chi connectivity index (χ4n) is 9.69. The SMILES string of the molecule is CC[C@H]1OC(=O)[C@H](C)[C@@H](O[C@H]2C[C@@](C)(OC)[C@@H](O)[C@H](C)O2)[C@H](C)[C@@H](O[C@@H]2O[C@H](C)C[C@H](N)[C@H]2OC(C)=O)[C@@]2(C)C[C@@H](C)[C@H](OC(=O)O2)[C@H](C)[C@H]2OC(=O)O[C@@]21C. The average molecular weight is 802 g/mol. The number of aliphatic hydroxyl groups excluding tert-OH is 1. The number of cyclic esters (lactones) is 1. The fourth-order valence-corrected chi connectivity index (χ4v) is 9.69. The molecule has 5 aliphatic heterocycles. The minimum Gasteiger partial charge on any atom is -0.458 e. The molecule has 0 aromatic heterocycles. The Balaban J connectivity index is 1.67. The van der Waals surface area contributed by atoms with Gasteiger partial charge >= 0.3 is 24.2 Å². The van der Waals surface area contributed by atoms with Crippen LogP contribution >= 0.6 is 0 Å². The first-order valence-corrected chi connectivity index (χ1v) is 19.8. The van der Waals surface area contributed by atoms with E-state index in [-0.39, 0.29) is 19.3 Å². The third-order valence-corrected chi connectivity index (χ3v) is 12.7. The Morgan fingerprint density at radius 2 is 1.55 bits per heavy atom. The molecule has 320 valence electrons. The van der Waals surface area contributed by atoms with Crippen LogP contribution in [0.1, 0.15) is 102 Å². The molecule has 0 spiro atoms. The van der Waals surface area contributed by atoms with Crippen molar-refractivity contribution in [2.75, 3.05) is 7.11 Å². The molecule has 17 nitrogen and oxygen atoms in total. The van der Waals surface area contributed by atoms with Crippen molar-refractivity contribution in [3.8, 4) is 0 Å². The van der Waals surface area contributed by atoms with Gasteiger partial charge in [0, 0.05) is 38.3 Å². The van der Waals surface area contributed by atoms with Crippen molar-refractivity contribution in [1.29, 1.82) is 0 Å². The summed E-state index contributed by atoms with van der Waals surface area (Å²) in [5.74, 6) is -4.27. The van der Waals surface area contributed by atoms with E-state index in [9.17, 15) is 24.3 Å². The summed E-state index contributed by atoms with van der Waals surface area (Å²) in [5.41, 5.74) is 2.49. The van der Waals surface area contributed by atoms with Gasteiger partial charge in [0.15, 0.2) is 30.4 Å². The number of carbonyl (C=O) groups is 4. The first-order valence-electron chi connectivity index (χ1n) is 19.8. The zero-order valence-electron chi connectivity index (χ0n) is 34.7. The van der Waals surface area contributed by atoms with E-state index in [1.54, 1.807) is 55.4 Å². The highest BCUT2D eigenvalue weighted by atomic mass is 16.8. The average Bonchev–Trinajstić information content (AvgIpc) is 3.36. The highest BCUT2D eigenvalue weighted by Crippen LogP contribution is 2.46. The van der Waals surface area contributed by atoms with Gasteiger partial charge in [-0.2, -0.15) is 0 Å². The number of ether oxygens (including phenoxy) is 11. The van der Waals surface area contributed by atoms with Crippen LogP contribution in [0.15, 0.2) is 0 Å². The van der Waals surface area contributed by atoms with Crippen LogP contribution in [0.3, 0.4) is 0 Å².